The van der Waals surface area contributed by atoms with Crippen LogP contribution in [-0.2, 0) is 9.53 Å². The molecule has 1 amide bonds. The fourth-order valence-corrected chi connectivity index (χ4v) is 2.81. The number of halogens is 1. The molecule has 0 fully saturated rings. The number of ether oxygens (including phenoxy) is 1. The second-order valence-corrected chi connectivity index (χ2v) is 6.31. The molecule has 144 valence electrons. The number of carbonyl (C=O) groups is 2. The number of benzene rings is 3. The van der Waals surface area contributed by atoms with Crippen LogP contribution in [0.3, 0.4) is 0 Å². The first-order valence-corrected chi connectivity index (χ1v) is 8.86. The van der Waals surface area contributed by atoms with E-state index in [1.807, 2.05) is 30.3 Å². The Morgan fingerprint density at radius 1 is 1.00 bits per heavy atom. The molecular formula is C22H16FN3O3. The summed E-state index contributed by atoms with van der Waals surface area (Å²) in [6.45, 7) is -0.452. The highest BCUT2D eigenvalue weighted by Gasteiger charge is 2.13. The third-order valence-electron chi connectivity index (χ3n) is 4.23. The Bertz CT molecular complexity index is 1170. The average Bonchev–Trinajstić information content (AvgIpc) is 3.18. The third-order valence-corrected chi connectivity index (χ3v) is 4.23. The number of H-pyrrole nitrogens is 1. The van der Waals surface area contributed by atoms with E-state index in [2.05, 4.69) is 15.3 Å². The Morgan fingerprint density at radius 2 is 1.76 bits per heavy atom. The SMILES string of the molecule is O=C(COC(=O)c1ccc2nc(-c3ccccc3)[nH]c2c1)Nc1ccc(F)cc1. The summed E-state index contributed by atoms with van der Waals surface area (Å²) in [5, 5.41) is 2.53. The number of aromatic amines is 1. The molecule has 0 aliphatic carbocycles. The van der Waals surface area contributed by atoms with Crippen molar-refractivity contribution in [1.29, 1.82) is 0 Å². The number of rotatable bonds is 5. The van der Waals surface area contributed by atoms with E-state index in [-0.39, 0.29) is 0 Å². The van der Waals surface area contributed by atoms with Crippen molar-refractivity contribution in [3.8, 4) is 11.4 Å². The van der Waals surface area contributed by atoms with Gasteiger partial charge in [-0.3, -0.25) is 4.79 Å². The maximum atomic E-state index is 12.9. The summed E-state index contributed by atoms with van der Waals surface area (Å²) in [6, 6.07) is 19.9. The lowest BCUT2D eigenvalue weighted by Gasteiger charge is -2.06. The number of esters is 1. The Hall–Kier alpha value is -4.00. The zero-order valence-corrected chi connectivity index (χ0v) is 15.2. The van der Waals surface area contributed by atoms with E-state index >= 15 is 0 Å². The highest BCUT2D eigenvalue weighted by atomic mass is 19.1. The first-order valence-electron chi connectivity index (χ1n) is 8.86. The average molecular weight is 389 g/mol. The molecule has 0 aliphatic heterocycles. The number of amides is 1. The van der Waals surface area contributed by atoms with Gasteiger partial charge >= 0.3 is 5.97 Å². The van der Waals surface area contributed by atoms with Gasteiger partial charge in [0.1, 0.15) is 11.6 Å². The number of hydrogen-bond acceptors (Lipinski definition) is 4. The number of carbonyl (C=O) groups excluding carboxylic acids is 2. The van der Waals surface area contributed by atoms with E-state index in [4.69, 9.17) is 4.74 Å². The lowest BCUT2D eigenvalue weighted by molar-refractivity contribution is -0.119. The predicted molar refractivity (Wildman–Crippen MR) is 107 cm³/mol. The van der Waals surface area contributed by atoms with Gasteiger partial charge in [-0.15, -0.1) is 0 Å². The molecule has 7 heteroatoms. The van der Waals surface area contributed by atoms with E-state index in [0.29, 0.717) is 22.6 Å². The van der Waals surface area contributed by atoms with Crippen LogP contribution in [0.2, 0.25) is 0 Å². The molecule has 2 N–H and O–H groups in total. The van der Waals surface area contributed by atoms with Gasteiger partial charge in [0.15, 0.2) is 6.61 Å². The van der Waals surface area contributed by atoms with Crippen LogP contribution in [0.1, 0.15) is 10.4 Å². The summed E-state index contributed by atoms with van der Waals surface area (Å²) >= 11 is 0. The quantitative estimate of drug-likeness (QED) is 0.502. The van der Waals surface area contributed by atoms with Crippen LogP contribution in [0.5, 0.6) is 0 Å². The Balaban J connectivity index is 1.41. The van der Waals surface area contributed by atoms with Gasteiger partial charge in [-0.05, 0) is 42.5 Å². The van der Waals surface area contributed by atoms with Crippen LogP contribution in [0.25, 0.3) is 22.4 Å². The molecule has 4 rings (SSSR count). The summed E-state index contributed by atoms with van der Waals surface area (Å²) in [5.74, 6) is -0.847. The number of nitrogens with zero attached hydrogens (tertiary/aromatic N) is 1. The normalized spacial score (nSPS) is 10.7. The molecule has 0 spiro atoms. The van der Waals surface area contributed by atoms with Crippen molar-refractivity contribution in [2.45, 2.75) is 0 Å². The van der Waals surface area contributed by atoms with Crippen molar-refractivity contribution in [2.24, 2.45) is 0 Å². The van der Waals surface area contributed by atoms with Gasteiger partial charge in [0.2, 0.25) is 0 Å². The van der Waals surface area contributed by atoms with Gasteiger partial charge in [-0.2, -0.15) is 0 Å². The van der Waals surface area contributed by atoms with Crippen molar-refractivity contribution in [2.75, 3.05) is 11.9 Å². The fraction of sp³-hybridized carbons (Fsp3) is 0.0455. The molecule has 6 nitrogen and oxygen atoms in total. The van der Waals surface area contributed by atoms with Crippen LogP contribution in [-0.4, -0.2) is 28.5 Å². The van der Waals surface area contributed by atoms with Gasteiger partial charge in [-0.25, -0.2) is 14.2 Å². The van der Waals surface area contributed by atoms with E-state index < -0.39 is 24.3 Å². The van der Waals surface area contributed by atoms with Gasteiger partial charge in [0.05, 0.1) is 16.6 Å². The maximum Gasteiger partial charge on any atom is 0.338 e. The lowest BCUT2D eigenvalue weighted by atomic mass is 10.2. The first kappa shape index (κ1) is 18.4. The monoisotopic (exact) mass is 389 g/mol. The van der Waals surface area contributed by atoms with Crippen LogP contribution < -0.4 is 5.32 Å². The molecule has 0 unspecified atom stereocenters. The Labute approximate surface area is 165 Å². The number of imidazole rings is 1. The standard InChI is InChI=1S/C22H16FN3O3/c23-16-7-9-17(10-8-16)24-20(27)13-29-22(28)15-6-11-18-19(12-15)26-21(25-18)14-4-2-1-3-5-14/h1-12H,13H2,(H,24,27)(H,25,26). The highest BCUT2D eigenvalue weighted by Crippen LogP contribution is 2.21. The van der Waals surface area contributed by atoms with Gasteiger partial charge in [0.25, 0.3) is 5.91 Å². The van der Waals surface area contributed by atoms with E-state index in [1.165, 1.54) is 24.3 Å². The van der Waals surface area contributed by atoms with Crippen molar-refractivity contribution in [3.63, 3.8) is 0 Å². The zero-order valence-electron chi connectivity index (χ0n) is 15.2. The minimum Gasteiger partial charge on any atom is -0.452 e. The van der Waals surface area contributed by atoms with Crippen molar-refractivity contribution < 1.29 is 18.7 Å². The first-order chi connectivity index (χ1) is 14.1. The summed E-state index contributed by atoms with van der Waals surface area (Å²) in [5.41, 5.74) is 3.06. The molecule has 4 aromatic rings. The lowest BCUT2D eigenvalue weighted by Crippen LogP contribution is -2.20. The molecular weight excluding hydrogens is 373 g/mol. The van der Waals surface area contributed by atoms with E-state index in [9.17, 15) is 14.0 Å². The van der Waals surface area contributed by atoms with Gasteiger partial charge in [-0.1, -0.05) is 30.3 Å². The second-order valence-electron chi connectivity index (χ2n) is 6.31. The molecule has 3 aromatic carbocycles. The molecule has 1 aromatic heterocycles. The summed E-state index contributed by atoms with van der Waals surface area (Å²) in [6.07, 6.45) is 0. The third kappa shape index (κ3) is 4.30. The predicted octanol–water partition coefficient (Wildman–Crippen LogP) is 4.16. The van der Waals surface area contributed by atoms with Crippen molar-refractivity contribution in [3.05, 3.63) is 84.2 Å². The zero-order chi connectivity index (χ0) is 20.2. The van der Waals surface area contributed by atoms with Crippen LogP contribution in [0.4, 0.5) is 10.1 Å². The second kappa shape index (κ2) is 7.93. The molecule has 0 atom stereocenters. The molecule has 0 radical (unpaired) electrons. The Kier molecular flexibility index (Phi) is 5.03. The molecule has 0 aliphatic rings. The largest absolute Gasteiger partial charge is 0.452 e. The number of anilines is 1. The van der Waals surface area contributed by atoms with Crippen molar-refractivity contribution >= 4 is 28.6 Å². The number of nitrogens with one attached hydrogen (secondary N) is 2. The maximum absolute atomic E-state index is 12.9. The summed E-state index contributed by atoms with van der Waals surface area (Å²) < 4.78 is 18.0. The Morgan fingerprint density at radius 3 is 2.52 bits per heavy atom. The topological polar surface area (TPSA) is 84.1 Å². The minimum absolute atomic E-state index is 0.301. The smallest absolute Gasteiger partial charge is 0.338 e. The highest BCUT2D eigenvalue weighted by molar-refractivity contribution is 5.97. The van der Waals surface area contributed by atoms with Gasteiger partial charge < -0.3 is 15.0 Å². The number of fused-ring (bicyclic) bond motifs is 1. The number of aromatic nitrogens is 2. The molecule has 0 saturated carbocycles. The van der Waals surface area contributed by atoms with Crippen molar-refractivity contribution in [1.82, 2.24) is 9.97 Å². The fourth-order valence-electron chi connectivity index (χ4n) is 2.81. The van der Waals surface area contributed by atoms with E-state index in [0.717, 1.165) is 11.1 Å². The van der Waals surface area contributed by atoms with E-state index in [1.54, 1.807) is 18.2 Å². The van der Waals surface area contributed by atoms with Crippen LogP contribution >= 0.6 is 0 Å². The molecule has 0 saturated heterocycles. The molecule has 1 heterocycles. The molecule has 29 heavy (non-hydrogen) atoms. The van der Waals surface area contributed by atoms with Crippen LogP contribution in [0, 0.1) is 5.82 Å². The number of hydrogen-bond donors (Lipinski definition) is 2. The summed E-state index contributed by atoms with van der Waals surface area (Å²) in [4.78, 5) is 31.9. The molecule has 0 bridgehead atoms. The van der Waals surface area contributed by atoms with Gasteiger partial charge in [0, 0.05) is 11.3 Å². The minimum atomic E-state index is -0.628. The summed E-state index contributed by atoms with van der Waals surface area (Å²) in [7, 11) is 0. The van der Waals surface area contributed by atoms with Crippen LogP contribution in [0.15, 0.2) is 72.8 Å².